The molecule has 2 rings (SSSR count). The van der Waals surface area contributed by atoms with Crippen molar-refractivity contribution < 1.29 is 0 Å². The molecule has 0 aromatic rings. The highest BCUT2D eigenvalue weighted by atomic mass is 15.3. The number of rotatable bonds is 6. The van der Waals surface area contributed by atoms with Crippen LogP contribution in [0, 0.1) is 5.92 Å². The molecule has 2 aliphatic rings. The van der Waals surface area contributed by atoms with E-state index >= 15 is 0 Å². The first kappa shape index (κ1) is 16.3. The summed E-state index contributed by atoms with van der Waals surface area (Å²) in [5.74, 6) is 1.91. The van der Waals surface area contributed by atoms with Gasteiger partial charge in [-0.2, -0.15) is 0 Å². The van der Waals surface area contributed by atoms with Crippen molar-refractivity contribution in [1.82, 2.24) is 15.1 Å². The molecule has 0 amide bonds. The second-order valence-corrected chi connectivity index (χ2v) is 6.68. The van der Waals surface area contributed by atoms with Crippen LogP contribution < -0.4 is 5.32 Å². The van der Waals surface area contributed by atoms with Crippen LogP contribution >= 0.6 is 0 Å². The fraction of sp³-hybridized carbons (Fsp3) is 0.824. The average molecular weight is 292 g/mol. The molecule has 1 atom stereocenters. The summed E-state index contributed by atoms with van der Waals surface area (Å²) in [6.07, 6.45) is 9.70. The Balaban J connectivity index is 1.67. The maximum absolute atomic E-state index is 4.46. The lowest BCUT2D eigenvalue weighted by Crippen LogP contribution is -2.43. The van der Waals surface area contributed by atoms with Crippen LogP contribution in [0.25, 0.3) is 0 Å². The Morgan fingerprint density at radius 1 is 1.29 bits per heavy atom. The molecular formula is C17H32N4. The van der Waals surface area contributed by atoms with Crippen LogP contribution in [0.5, 0.6) is 0 Å². The Bertz CT molecular complexity index is 354. The molecule has 1 N–H and O–H groups in total. The molecule has 21 heavy (non-hydrogen) atoms. The van der Waals surface area contributed by atoms with Gasteiger partial charge in [0.25, 0.3) is 0 Å². The van der Waals surface area contributed by atoms with Crippen LogP contribution in [0.1, 0.15) is 39.5 Å². The zero-order valence-electron chi connectivity index (χ0n) is 14.0. The van der Waals surface area contributed by atoms with Gasteiger partial charge in [0.15, 0.2) is 5.96 Å². The number of nitrogens with one attached hydrogen (secondary N) is 1. The summed E-state index contributed by atoms with van der Waals surface area (Å²) >= 11 is 0. The van der Waals surface area contributed by atoms with Crippen molar-refractivity contribution in [1.29, 1.82) is 0 Å². The fourth-order valence-corrected chi connectivity index (χ4v) is 3.23. The van der Waals surface area contributed by atoms with E-state index in [1.54, 1.807) is 0 Å². The van der Waals surface area contributed by atoms with E-state index in [1.807, 2.05) is 7.05 Å². The Labute approximate surface area is 130 Å². The summed E-state index contributed by atoms with van der Waals surface area (Å²) in [5, 5.41) is 3.54. The normalized spacial score (nSPS) is 23.5. The largest absolute Gasteiger partial charge is 0.356 e. The predicted molar refractivity (Wildman–Crippen MR) is 90.7 cm³/mol. The molecule has 0 saturated carbocycles. The number of nitrogens with zero attached hydrogens (tertiary/aromatic N) is 3. The Hall–Kier alpha value is -1.03. The first-order valence-electron chi connectivity index (χ1n) is 8.55. The number of hydrogen-bond acceptors (Lipinski definition) is 2. The first-order chi connectivity index (χ1) is 10.2. The second-order valence-electron chi connectivity index (χ2n) is 6.68. The van der Waals surface area contributed by atoms with Crippen molar-refractivity contribution >= 4 is 5.96 Å². The summed E-state index contributed by atoms with van der Waals surface area (Å²) < 4.78 is 0. The van der Waals surface area contributed by atoms with E-state index in [2.05, 4.69) is 46.1 Å². The molecule has 0 spiro atoms. The number of aliphatic imine (C=N–C) groups is 1. The van der Waals surface area contributed by atoms with E-state index in [-0.39, 0.29) is 0 Å². The van der Waals surface area contributed by atoms with E-state index in [0.29, 0.717) is 6.04 Å². The first-order valence-corrected chi connectivity index (χ1v) is 8.55. The minimum Gasteiger partial charge on any atom is -0.356 e. The third-order valence-electron chi connectivity index (χ3n) is 4.53. The van der Waals surface area contributed by atoms with Crippen LogP contribution in [0.4, 0.5) is 0 Å². The van der Waals surface area contributed by atoms with Crippen LogP contribution in [0.2, 0.25) is 0 Å². The molecule has 0 aliphatic carbocycles. The van der Waals surface area contributed by atoms with Gasteiger partial charge in [0.2, 0.25) is 0 Å². The van der Waals surface area contributed by atoms with Gasteiger partial charge in [0.1, 0.15) is 0 Å². The van der Waals surface area contributed by atoms with Crippen molar-refractivity contribution in [3.05, 3.63) is 12.2 Å². The Morgan fingerprint density at radius 2 is 2.05 bits per heavy atom. The van der Waals surface area contributed by atoms with Crippen molar-refractivity contribution in [3.8, 4) is 0 Å². The minimum absolute atomic E-state index is 0.694. The third kappa shape index (κ3) is 5.03. The van der Waals surface area contributed by atoms with Gasteiger partial charge in [-0.25, -0.2) is 0 Å². The van der Waals surface area contributed by atoms with Gasteiger partial charge in [0.05, 0.1) is 0 Å². The zero-order chi connectivity index (χ0) is 15.1. The summed E-state index contributed by atoms with van der Waals surface area (Å²) in [6, 6.07) is 0.694. The second kappa shape index (κ2) is 8.42. The highest BCUT2D eigenvalue weighted by Gasteiger charge is 2.29. The highest BCUT2D eigenvalue weighted by Crippen LogP contribution is 2.17. The van der Waals surface area contributed by atoms with E-state index in [0.717, 1.165) is 44.6 Å². The van der Waals surface area contributed by atoms with Gasteiger partial charge in [-0.15, -0.1) is 0 Å². The van der Waals surface area contributed by atoms with Gasteiger partial charge < -0.3 is 10.2 Å². The van der Waals surface area contributed by atoms with Crippen molar-refractivity contribution in [2.24, 2.45) is 10.9 Å². The molecule has 2 heterocycles. The van der Waals surface area contributed by atoms with Gasteiger partial charge >= 0.3 is 0 Å². The molecule has 4 nitrogen and oxygen atoms in total. The average Bonchev–Trinajstić information content (AvgIpc) is 3.12. The number of guanidine groups is 1. The van der Waals surface area contributed by atoms with Gasteiger partial charge in [-0.1, -0.05) is 38.8 Å². The smallest absolute Gasteiger partial charge is 0.193 e. The molecule has 1 fully saturated rings. The molecular weight excluding hydrogens is 260 g/mol. The van der Waals surface area contributed by atoms with Crippen LogP contribution in [0.15, 0.2) is 17.1 Å². The lowest BCUT2D eigenvalue weighted by Gasteiger charge is -2.25. The van der Waals surface area contributed by atoms with Crippen molar-refractivity contribution in [3.63, 3.8) is 0 Å². The summed E-state index contributed by atoms with van der Waals surface area (Å²) in [7, 11) is 1.90. The van der Waals surface area contributed by atoms with Gasteiger partial charge in [-0.05, 0) is 18.8 Å². The maximum Gasteiger partial charge on any atom is 0.193 e. The van der Waals surface area contributed by atoms with Crippen LogP contribution in [-0.4, -0.2) is 61.6 Å². The maximum atomic E-state index is 4.46. The molecule has 2 aliphatic heterocycles. The summed E-state index contributed by atoms with van der Waals surface area (Å²) in [6.45, 7) is 10.1. The SMILES string of the molecule is CN=C(NCCCCC(C)C)N1CCC(N2CC=CC2)C1. The van der Waals surface area contributed by atoms with E-state index in [9.17, 15) is 0 Å². The molecule has 4 heteroatoms. The van der Waals surface area contributed by atoms with Crippen molar-refractivity contribution in [2.75, 3.05) is 39.8 Å². The predicted octanol–water partition coefficient (Wildman–Crippen LogP) is 2.33. The monoisotopic (exact) mass is 292 g/mol. The standard InChI is InChI=1S/C17H32N4/c1-15(2)8-4-5-10-19-17(18-3)21-13-9-16(14-21)20-11-6-7-12-20/h6-7,15-16H,4-5,8-14H2,1-3H3,(H,18,19). The third-order valence-corrected chi connectivity index (χ3v) is 4.53. The molecule has 0 aromatic carbocycles. The number of likely N-dealkylation sites (tertiary alicyclic amines) is 1. The minimum atomic E-state index is 0.694. The Kier molecular flexibility index (Phi) is 6.55. The van der Waals surface area contributed by atoms with Crippen LogP contribution in [0.3, 0.4) is 0 Å². The lowest BCUT2D eigenvalue weighted by molar-refractivity contribution is 0.259. The molecule has 0 radical (unpaired) electrons. The van der Waals surface area contributed by atoms with Crippen LogP contribution in [-0.2, 0) is 0 Å². The topological polar surface area (TPSA) is 30.9 Å². The number of hydrogen-bond donors (Lipinski definition) is 1. The molecule has 1 unspecified atom stereocenters. The Morgan fingerprint density at radius 3 is 2.71 bits per heavy atom. The molecule has 1 saturated heterocycles. The summed E-state index contributed by atoms with van der Waals surface area (Å²) in [4.78, 5) is 9.45. The fourth-order valence-electron chi connectivity index (χ4n) is 3.23. The quantitative estimate of drug-likeness (QED) is 0.353. The summed E-state index contributed by atoms with van der Waals surface area (Å²) in [5.41, 5.74) is 0. The highest BCUT2D eigenvalue weighted by molar-refractivity contribution is 5.80. The molecule has 0 aromatic heterocycles. The van der Waals surface area contributed by atoms with E-state index < -0.39 is 0 Å². The van der Waals surface area contributed by atoms with E-state index in [4.69, 9.17) is 0 Å². The van der Waals surface area contributed by atoms with E-state index in [1.165, 1.54) is 25.7 Å². The number of unbranched alkanes of at least 4 members (excludes halogenated alkanes) is 1. The zero-order valence-corrected chi connectivity index (χ0v) is 14.0. The van der Waals surface area contributed by atoms with Gasteiger partial charge in [-0.3, -0.25) is 9.89 Å². The van der Waals surface area contributed by atoms with Gasteiger partial charge in [0, 0.05) is 45.8 Å². The lowest BCUT2D eigenvalue weighted by atomic mass is 10.1. The van der Waals surface area contributed by atoms with Crippen molar-refractivity contribution in [2.45, 2.75) is 45.6 Å². The molecule has 120 valence electrons. The molecule has 0 bridgehead atoms.